The van der Waals surface area contributed by atoms with Crippen molar-refractivity contribution >= 4 is 0 Å². The SMILES string of the molecule is CC[C@H](C)c1ccc(OCCOCCOc2ccc(OC)cc2)cc1. The van der Waals surface area contributed by atoms with E-state index < -0.39 is 0 Å². The third kappa shape index (κ3) is 6.67. The van der Waals surface area contributed by atoms with Crippen LogP contribution in [0.2, 0.25) is 0 Å². The molecule has 2 rings (SSSR count). The van der Waals surface area contributed by atoms with E-state index in [9.17, 15) is 0 Å². The zero-order chi connectivity index (χ0) is 17.9. The topological polar surface area (TPSA) is 36.9 Å². The lowest BCUT2D eigenvalue weighted by molar-refractivity contribution is 0.0764. The van der Waals surface area contributed by atoms with E-state index in [-0.39, 0.29) is 0 Å². The van der Waals surface area contributed by atoms with Gasteiger partial charge in [-0.15, -0.1) is 0 Å². The summed E-state index contributed by atoms with van der Waals surface area (Å²) in [4.78, 5) is 0. The second-order valence-electron chi connectivity index (χ2n) is 5.86. The van der Waals surface area contributed by atoms with Gasteiger partial charge in [0.2, 0.25) is 0 Å². The van der Waals surface area contributed by atoms with E-state index in [1.807, 2.05) is 36.4 Å². The molecular formula is C21H28O4. The highest BCUT2D eigenvalue weighted by Crippen LogP contribution is 2.21. The van der Waals surface area contributed by atoms with Crippen LogP contribution in [-0.2, 0) is 4.74 Å². The highest BCUT2D eigenvalue weighted by Gasteiger charge is 2.02. The van der Waals surface area contributed by atoms with E-state index in [2.05, 4.69) is 26.0 Å². The molecular weight excluding hydrogens is 316 g/mol. The summed E-state index contributed by atoms with van der Waals surface area (Å²) in [6.07, 6.45) is 1.15. The van der Waals surface area contributed by atoms with E-state index in [1.54, 1.807) is 7.11 Å². The molecule has 0 saturated heterocycles. The molecule has 4 heteroatoms. The van der Waals surface area contributed by atoms with Crippen molar-refractivity contribution in [3.8, 4) is 17.2 Å². The van der Waals surface area contributed by atoms with E-state index >= 15 is 0 Å². The zero-order valence-corrected chi connectivity index (χ0v) is 15.4. The van der Waals surface area contributed by atoms with Crippen LogP contribution in [0.15, 0.2) is 48.5 Å². The molecule has 2 aromatic carbocycles. The van der Waals surface area contributed by atoms with Crippen LogP contribution < -0.4 is 14.2 Å². The minimum atomic E-state index is 0.510. The molecule has 0 aliphatic heterocycles. The maximum Gasteiger partial charge on any atom is 0.119 e. The van der Waals surface area contributed by atoms with Crippen LogP contribution in [0.3, 0.4) is 0 Å². The van der Waals surface area contributed by atoms with Crippen LogP contribution in [0, 0.1) is 0 Å². The normalized spacial score (nSPS) is 11.8. The van der Waals surface area contributed by atoms with Crippen molar-refractivity contribution in [1.29, 1.82) is 0 Å². The van der Waals surface area contributed by atoms with Crippen LogP contribution in [0.4, 0.5) is 0 Å². The Bertz CT molecular complexity index is 592. The standard InChI is InChI=1S/C21H28O4/c1-4-17(2)18-5-7-20(8-6-18)24-15-13-23-14-16-25-21-11-9-19(22-3)10-12-21/h5-12,17H,4,13-16H2,1-3H3/t17-/m0/s1. The van der Waals surface area contributed by atoms with E-state index in [0.717, 1.165) is 23.7 Å². The van der Waals surface area contributed by atoms with Crippen LogP contribution in [-0.4, -0.2) is 33.5 Å². The number of hydrogen-bond acceptors (Lipinski definition) is 4. The number of ether oxygens (including phenoxy) is 4. The third-order valence-corrected chi connectivity index (χ3v) is 4.11. The first-order chi connectivity index (χ1) is 12.2. The van der Waals surface area contributed by atoms with Gasteiger partial charge in [-0.1, -0.05) is 26.0 Å². The van der Waals surface area contributed by atoms with Gasteiger partial charge < -0.3 is 18.9 Å². The number of benzene rings is 2. The summed E-state index contributed by atoms with van der Waals surface area (Å²) in [6, 6.07) is 15.8. The van der Waals surface area contributed by atoms with Gasteiger partial charge in [0.25, 0.3) is 0 Å². The molecule has 0 aliphatic rings. The van der Waals surface area contributed by atoms with Crippen molar-refractivity contribution in [3.05, 3.63) is 54.1 Å². The summed E-state index contributed by atoms with van der Waals surface area (Å²) in [7, 11) is 1.64. The Kier molecular flexibility index (Phi) is 8.13. The predicted molar refractivity (Wildman–Crippen MR) is 100.0 cm³/mol. The molecule has 0 spiro atoms. The minimum absolute atomic E-state index is 0.510. The third-order valence-electron chi connectivity index (χ3n) is 4.11. The predicted octanol–water partition coefficient (Wildman–Crippen LogP) is 4.68. The summed E-state index contributed by atoms with van der Waals surface area (Å²) in [5, 5.41) is 0. The highest BCUT2D eigenvalue weighted by atomic mass is 16.5. The lowest BCUT2D eigenvalue weighted by Crippen LogP contribution is -2.12. The smallest absolute Gasteiger partial charge is 0.119 e. The fourth-order valence-electron chi connectivity index (χ4n) is 2.34. The first kappa shape index (κ1) is 19.1. The minimum Gasteiger partial charge on any atom is -0.497 e. The first-order valence-corrected chi connectivity index (χ1v) is 8.80. The summed E-state index contributed by atoms with van der Waals surface area (Å²) in [6.45, 7) is 6.55. The highest BCUT2D eigenvalue weighted by molar-refractivity contribution is 5.31. The van der Waals surface area contributed by atoms with Gasteiger partial charge in [0, 0.05) is 0 Å². The Hall–Kier alpha value is -2.20. The Labute approximate surface area is 150 Å². The molecule has 0 amide bonds. The Balaban J connectivity index is 1.55. The van der Waals surface area contributed by atoms with Crippen LogP contribution in [0.5, 0.6) is 17.2 Å². The van der Waals surface area contributed by atoms with Crippen molar-refractivity contribution in [3.63, 3.8) is 0 Å². The van der Waals surface area contributed by atoms with Crippen molar-refractivity contribution in [1.82, 2.24) is 0 Å². The summed E-state index contributed by atoms with van der Waals surface area (Å²) in [5.74, 6) is 3.09. The summed E-state index contributed by atoms with van der Waals surface area (Å²) < 4.78 is 21.9. The van der Waals surface area contributed by atoms with Gasteiger partial charge in [0.15, 0.2) is 0 Å². The Morgan fingerprint density at radius 2 is 1.20 bits per heavy atom. The maximum atomic E-state index is 5.69. The van der Waals surface area contributed by atoms with Gasteiger partial charge in [-0.3, -0.25) is 0 Å². The molecule has 0 radical (unpaired) electrons. The molecule has 1 atom stereocenters. The summed E-state index contributed by atoms with van der Waals surface area (Å²) >= 11 is 0. The maximum absolute atomic E-state index is 5.69. The van der Waals surface area contributed by atoms with Gasteiger partial charge in [-0.05, 0) is 54.3 Å². The molecule has 25 heavy (non-hydrogen) atoms. The molecule has 136 valence electrons. The molecule has 4 nitrogen and oxygen atoms in total. The molecule has 0 aliphatic carbocycles. The van der Waals surface area contributed by atoms with E-state index in [0.29, 0.717) is 32.3 Å². The second-order valence-corrected chi connectivity index (χ2v) is 5.86. The lowest BCUT2D eigenvalue weighted by atomic mass is 9.99. The zero-order valence-electron chi connectivity index (χ0n) is 15.4. The van der Waals surface area contributed by atoms with Gasteiger partial charge >= 0.3 is 0 Å². The quantitative estimate of drug-likeness (QED) is 0.555. The van der Waals surface area contributed by atoms with Crippen molar-refractivity contribution < 1.29 is 18.9 Å². The number of rotatable bonds is 11. The fraction of sp³-hybridized carbons (Fsp3) is 0.429. The van der Waals surface area contributed by atoms with Crippen molar-refractivity contribution in [2.75, 3.05) is 33.5 Å². The fourth-order valence-corrected chi connectivity index (χ4v) is 2.34. The van der Waals surface area contributed by atoms with Gasteiger partial charge in [-0.25, -0.2) is 0 Å². The number of hydrogen-bond donors (Lipinski definition) is 0. The largest absolute Gasteiger partial charge is 0.497 e. The monoisotopic (exact) mass is 344 g/mol. The van der Waals surface area contributed by atoms with Crippen LogP contribution in [0.25, 0.3) is 0 Å². The molecule has 0 aromatic heterocycles. The van der Waals surface area contributed by atoms with Gasteiger partial charge in [0.1, 0.15) is 30.5 Å². The molecule has 0 unspecified atom stereocenters. The van der Waals surface area contributed by atoms with Crippen LogP contribution >= 0.6 is 0 Å². The van der Waals surface area contributed by atoms with Gasteiger partial charge in [0.05, 0.1) is 20.3 Å². The molecule has 0 bridgehead atoms. The van der Waals surface area contributed by atoms with E-state index in [1.165, 1.54) is 5.56 Å². The molecule has 0 fully saturated rings. The van der Waals surface area contributed by atoms with E-state index in [4.69, 9.17) is 18.9 Å². The average Bonchev–Trinajstić information content (AvgIpc) is 2.67. The molecule has 0 N–H and O–H groups in total. The van der Waals surface area contributed by atoms with Gasteiger partial charge in [-0.2, -0.15) is 0 Å². The first-order valence-electron chi connectivity index (χ1n) is 8.80. The lowest BCUT2D eigenvalue weighted by Gasteiger charge is -2.11. The second kappa shape index (κ2) is 10.6. The molecule has 0 heterocycles. The molecule has 0 saturated carbocycles. The Morgan fingerprint density at radius 1 is 0.720 bits per heavy atom. The van der Waals surface area contributed by atoms with Crippen molar-refractivity contribution in [2.24, 2.45) is 0 Å². The number of methoxy groups -OCH3 is 1. The van der Waals surface area contributed by atoms with Crippen molar-refractivity contribution in [2.45, 2.75) is 26.2 Å². The Morgan fingerprint density at radius 3 is 1.68 bits per heavy atom. The van der Waals surface area contributed by atoms with Crippen LogP contribution in [0.1, 0.15) is 31.7 Å². The molecule has 2 aromatic rings. The summed E-state index contributed by atoms with van der Waals surface area (Å²) in [5.41, 5.74) is 1.35. The average molecular weight is 344 g/mol.